The number of hydrogen-bond donors (Lipinski definition) is 3. The molecule has 1 atom stereocenters. The third-order valence-corrected chi connectivity index (χ3v) is 4.51. The lowest BCUT2D eigenvalue weighted by Crippen LogP contribution is -2.32. The van der Waals surface area contributed by atoms with Gasteiger partial charge < -0.3 is 21.9 Å². The van der Waals surface area contributed by atoms with E-state index in [1.54, 1.807) is 0 Å². The summed E-state index contributed by atoms with van der Waals surface area (Å²) in [6.45, 7) is 3.21. The highest BCUT2D eigenvalue weighted by molar-refractivity contribution is 5.76. The van der Waals surface area contributed by atoms with E-state index in [0.29, 0.717) is 26.0 Å². The van der Waals surface area contributed by atoms with Gasteiger partial charge in [0, 0.05) is 6.54 Å². The van der Waals surface area contributed by atoms with Crippen LogP contribution in [-0.4, -0.2) is 31.1 Å². The highest BCUT2D eigenvalue weighted by atomic mass is 16.5. The van der Waals surface area contributed by atoms with Crippen molar-refractivity contribution >= 4 is 11.9 Å². The van der Waals surface area contributed by atoms with E-state index < -0.39 is 6.04 Å². The average Bonchev–Trinajstić information content (AvgIpc) is 2.62. The molecule has 0 heterocycles. The molecular weight excluding hydrogens is 328 g/mol. The van der Waals surface area contributed by atoms with Crippen molar-refractivity contribution in [3.63, 3.8) is 0 Å². The Morgan fingerprint density at radius 3 is 1.85 bits per heavy atom. The van der Waals surface area contributed by atoms with Crippen molar-refractivity contribution in [1.29, 1.82) is 0 Å². The maximum atomic E-state index is 11.7. The lowest BCUT2D eigenvalue weighted by molar-refractivity contribution is -0.145. The van der Waals surface area contributed by atoms with Gasteiger partial charge in [0.2, 0.25) is 0 Å². The molecule has 0 bridgehead atoms. The van der Waals surface area contributed by atoms with Crippen molar-refractivity contribution in [2.24, 2.45) is 22.2 Å². The Bertz CT molecular complexity index is 358. The fourth-order valence-electron chi connectivity index (χ4n) is 2.86. The van der Waals surface area contributed by atoms with Gasteiger partial charge in [-0.15, -0.1) is 0 Å². The molecule has 0 aromatic heterocycles. The monoisotopic (exact) mass is 370 g/mol. The standard InChI is InChI=1S/C20H42N4O2/c1-2-3-4-5-6-7-8-9-10-11-12-13-17-26-19(25)18(21)15-14-16-24-20(22)23/h18H,2-17,21H2,1H3,(H4,22,23,24). The molecule has 6 heteroatoms. The molecule has 6 N–H and O–H groups in total. The van der Waals surface area contributed by atoms with Crippen LogP contribution in [0.1, 0.15) is 96.8 Å². The van der Waals surface area contributed by atoms with Gasteiger partial charge in [0.1, 0.15) is 6.04 Å². The Labute approximate surface area is 160 Å². The summed E-state index contributed by atoms with van der Waals surface area (Å²) >= 11 is 0. The fraction of sp³-hybridized carbons (Fsp3) is 0.900. The van der Waals surface area contributed by atoms with Gasteiger partial charge in [0.05, 0.1) is 6.61 Å². The molecular formula is C20H42N4O2. The summed E-state index contributed by atoms with van der Waals surface area (Å²) in [4.78, 5) is 15.6. The normalized spacial score (nSPS) is 11.9. The Kier molecular flexibility index (Phi) is 17.6. The van der Waals surface area contributed by atoms with Crippen molar-refractivity contribution < 1.29 is 9.53 Å². The molecule has 0 spiro atoms. The van der Waals surface area contributed by atoms with Crippen molar-refractivity contribution in [2.45, 2.75) is 103 Å². The molecule has 0 aliphatic carbocycles. The zero-order valence-corrected chi connectivity index (χ0v) is 16.9. The molecule has 0 saturated heterocycles. The molecule has 0 aromatic rings. The zero-order valence-electron chi connectivity index (χ0n) is 16.9. The van der Waals surface area contributed by atoms with E-state index in [9.17, 15) is 4.79 Å². The second-order valence-corrected chi connectivity index (χ2v) is 7.11. The van der Waals surface area contributed by atoms with Crippen LogP contribution in [-0.2, 0) is 9.53 Å². The number of carbonyl (C=O) groups is 1. The third kappa shape index (κ3) is 17.5. The zero-order chi connectivity index (χ0) is 19.5. The first-order valence-corrected chi connectivity index (χ1v) is 10.6. The molecule has 0 aliphatic heterocycles. The number of guanidine groups is 1. The van der Waals surface area contributed by atoms with Crippen molar-refractivity contribution in [2.75, 3.05) is 13.2 Å². The summed E-state index contributed by atoms with van der Waals surface area (Å²) in [6, 6.07) is -0.582. The van der Waals surface area contributed by atoms with Gasteiger partial charge >= 0.3 is 5.97 Å². The number of ether oxygens (including phenoxy) is 1. The van der Waals surface area contributed by atoms with Crippen LogP contribution in [0.25, 0.3) is 0 Å². The number of nitrogens with zero attached hydrogens (tertiary/aromatic N) is 1. The van der Waals surface area contributed by atoms with Crippen LogP contribution in [0, 0.1) is 0 Å². The van der Waals surface area contributed by atoms with E-state index in [-0.39, 0.29) is 11.9 Å². The van der Waals surface area contributed by atoms with Crippen LogP contribution in [0.2, 0.25) is 0 Å². The van der Waals surface area contributed by atoms with Gasteiger partial charge in [-0.05, 0) is 19.3 Å². The number of rotatable bonds is 18. The third-order valence-electron chi connectivity index (χ3n) is 4.51. The van der Waals surface area contributed by atoms with E-state index in [4.69, 9.17) is 21.9 Å². The van der Waals surface area contributed by atoms with Gasteiger partial charge in [-0.1, -0.05) is 77.6 Å². The molecule has 0 fully saturated rings. The van der Waals surface area contributed by atoms with Crippen LogP contribution < -0.4 is 17.2 Å². The maximum absolute atomic E-state index is 11.7. The Morgan fingerprint density at radius 1 is 0.846 bits per heavy atom. The molecule has 0 radical (unpaired) electrons. The van der Waals surface area contributed by atoms with E-state index in [1.165, 1.54) is 64.2 Å². The lowest BCUT2D eigenvalue weighted by atomic mass is 10.1. The van der Waals surface area contributed by atoms with Crippen LogP contribution in [0.5, 0.6) is 0 Å². The van der Waals surface area contributed by atoms with Crippen LogP contribution in [0.15, 0.2) is 4.99 Å². The van der Waals surface area contributed by atoms with E-state index >= 15 is 0 Å². The summed E-state index contributed by atoms with van der Waals surface area (Å²) < 4.78 is 5.22. The number of esters is 1. The van der Waals surface area contributed by atoms with Gasteiger partial charge in [0.25, 0.3) is 0 Å². The molecule has 6 nitrogen and oxygen atoms in total. The SMILES string of the molecule is CCCCCCCCCCCCCCOC(=O)C(N)CCCN=C(N)N. The highest BCUT2D eigenvalue weighted by Gasteiger charge is 2.14. The first-order chi connectivity index (χ1) is 12.6. The Balaban J connectivity index is 3.33. The maximum Gasteiger partial charge on any atom is 0.322 e. The summed E-state index contributed by atoms with van der Waals surface area (Å²) in [6.07, 6.45) is 16.7. The summed E-state index contributed by atoms with van der Waals surface area (Å²) in [5.41, 5.74) is 16.3. The predicted octanol–water partition coefficient (Wildman–Crippen LogP) is 3.61. The topological polar surface area (TPSA) is 117 Å². The molecule has 1 unspecified atom stereocenters. The van der Waals surface area contributed by atoms with E-state index in [2.05, 4.69) is 11.9 Å². The summed E-state index contributed by atoms with van der Waals surface area (Å²) in [5.74, 6) is -0.258. The molecule has 0 rings (SSSR count). The molecule has 154 valence electrons. The summed E-state index contributed by atoms with van der Waals surface area (Å²) in [5, 5.41) is 0. The van der Waals surface area contributed by atoms with Crippen LogP contribution in [0.3, 0.4) is 0 Å². The quantitative estimate of drug-likeness (QED) is 0.147. The molecule has 0 aliphatic rings. The fourth-order valence-corrected chi connectivity index (χ4v) is 2.86. The van der Waals surface area contributed by atoms with Crippen molar-refractivity contribution in [3.05, 3.63) is 0 Å². The Hall–Kier alpha value is -1.30. The largest absolute Gasteiger partial charge is 0.465 e. The smallest absolute Gasteiger partial charge is 0.322 e. The minimum Gasteiger partial charge on any atom is -0.465 e. The van der Waals surface area contributed by atoms with Gasteiger partial charge in [-0.25, -0.2) is 0 Å². The van der Waals surface area contributed by atoms with Gasteiger partial charge in [0.15, 0.2) is 5.96 Å². The lowest BCUT2D eigenvalue weighted by Gasteiger charge is -2.10. The molecule has 26 heavy (non-hydrogen) atoms. The van der Waals surface area contributed by atoms with Crippen LogP contribution in [0.4, 0.5) is 0 Å². The van der Waals surface area contributed by atoms with Crippen LogP contribution >= 0.6 is 0 Å². The number of unbranched alkanes of at least 4 members (excludes halogenated alkanes) is 11. The number of aliphatic imine (C=N–C) groups is 1. The number of nitrogens with two attached hydrogens (primary N) is 3. The minimum atomic E-state index is -0.582. The van der Waals surface area contributed by atoms with E-state index in [0.717, 1.165) is 12.8 Å². The Morgan fingerprint density at radius 2 is 1.35 bits per heavy atom. The summed E-state index contributed by atoms with van der Waals surface area (Å²) in [7, 11) is 0. The second-order valence-electron chi connectivity index (χ2n) is 7.11. The minimum absolute atomic E-state index is 0.0631. The highest BCUT2D eigenvalue weighted by Crippen LogP contribution is 2.12. The second kappa shape index (κ2) is 18.5. The van der Waals surface area contributed by atoms with Crippen molar-refractivity contribution in [1.82, 2.24) is 0 Å². The average molecular weight is 371 g/mol. The first kappa shape index (κ1) is 24.7. The number of hydrogen-bond acceptors (Lipinski definition) is 4. The predicted molar refractivity (Wildman–Crippen MR) is 110 cm³/mol. The van der Waals surface area contributed by atoms with Gasteiger partial charge in [-0.2, -0.15) is 0 Å². The molecule has 0 amide bonds. The first-order valence-electron chi connectivity index (χ1n) is 10.6. The molecule has 0 aromatic carbocycles. The number of carbonyl (C=O) groups excluding carboxylic acids is 1. The molecule has 0 saturated carbocycles. The van der Waals surface area contributed by atoms with E-state index in [1.807, 2.05) is 0 Å². The van der Waals surface area contributed by atoms with Crippen molar-refractivity contribution in [3.8, 4) is 0 Å². The van der Waals surface area contributed by atoms with Gasteiger partial charge in [-0.3, -0.25) is 9.79 Å².